The average molecular weight is 442 g/mol. The van der Waals surface area contributed by atoms with Crippen molar-refractivity contribution in [2.45, 2.75) is 94.0 Å². The molecule has 3 amide bonds. The van der Waals surface area contributed by atoms with Gasteiger partial charge >= 0.3 is 0 Å². The molecule has 3 heterocycles. The lowest BCUT2D eigenvalue weighted by Crippen LogP contribution is -2.56. The standard InChI is InChI=1S/C25H35N3O4/c1-2-15-28-21(23(30)27-17-11-7-4-8-12-17)25-14-13-18(32-25)19(20(25)24(28)31)22(29)26-16-9-5-3-6-10-16/h2,13-14,16-21H,1,3-12,15H2,(H,26,29)(H,27,30)/t18-,19-,20+,21+,25+/m1/s1. The van der Waals surface area contributed by atoms with Crippen LogP contribution in [0, 0.1) is 11.8 Å². The van der Waals surface area contributed by atoms with Crippen LogP contribution in [0.5, 0.6) is 0 Å². The number of hydrogen-bond donors (Lipinski definition) is 2. The minimum absolute atomic E-state index is 0.113. The predicted molar refractivity (Wildman–Crippen MR) is 119 cm³/mol. The summed E-state index contributed by atoms with van der Waals surface area (Å²) in [6, 6.07) is -0.462. The number of likely N-dealkylation sites (tertiary alicyclic amines) is 1. The van der Waals surface area contributed by atoms with Crippen LogP contribution in [-0.2, 0) is 19.1 Å². The van der Waals surface area contributed by atoms with Gasteiger partial charge in [0.1, 0.15) is 11.6 Å². The van der Waals surface area contributed by atoms with Crippen LogP contribution in [0.3, 0.4) is 0 Å². The Hall–Kier alpha value is -2.15. The van der Waals surface area contributed by atoms with Gasteiger partial charge in [0.2, 0.25) is 17.7 Å². The SMILES string of the molecule is C=CCN1C(=O)[C@@H]2[C@H](C(=O)NC3CCCCC3)[C@H]3C=C[C@@]2(O3)[C@@H]1C(=O)NC1CCCCC1. The van der Waals surface area contributed by atoms with Crippen LogP contribution in [0.25, 0.3) is 0 Å². The van der Waals surface area contributed by atoms with Crippen LogP contribution in [0.2, 0.25) is 0 Å². The second-order valence-corrected chi connectivity index (χ2v) is 10.2. The fourth-order valence-electron chi connectivity index (χ4n) is 6.67. The number of carbonyl (C=O) groups is 3. The van der Waals surface area contributed by atoms with E-state index in [1.165, 1.54) is 12.8 Å². The number of carbonyl (C=O) groups excluding carboxylic acids is 3. The molecule has 32 heavy (non-hydrogen) atoms. The van der Waals surface area contributed by atoms with E-state index in [-0.39, 0.29) is 36.3 Å². The molecular formula is C25H35N3O4. The van der Waals surface area contributed by atoms with Crippen molar-refractivity contribution in [2.24, 2.45) is 11.8 Å². The molecule has 5 aliphatic rings. The van der Waals surface area contributed by atoms with Crippen LogP contribution in [0.1, 0.15) is 64.2 Å². The fraction of sp³-hybridized carbons (Fsp3) is 0.720. The minimum atomic E-state index is -1.07. The van der Waals surface area contributed by atoms with Crippen molar-refractivity contribution in [3.63, 3.8) is 0 Å². The van der Waals surface area contributed by atoms with Crippen LogP contribution in [-0.4, -0.2) is 59.0 Å². The Kier molecular flexibility index (Phi) is 5.86. The first-order valence-corrected chi connectivity index (χ1v) is 12.4. The molecule has 0 aromatic carbocycles. The molecule has 2 bridgehead atoms. The molecular weight excluding hydrogens is 406 g/mol. The Morgan fingerprint density at radius 1 is 1.03 bits per heavy atom. The molecule has 5 rings (SSSR count). The molecule has 5 atom stereocenters. The molecule has 0 aromatic heterocycles. The van der Waals surface area contributed by atoms with Crippen LogP contribution in [0.15, 0.2) is 24.8 Å². The highest BCUT2D eigenvalue weighted by Gasteiger charge is 2.72. The van der Waals surface area contributed by atoms with E-state index in [0.717, 1.165) is 51.4 Å². The largest absolute Gasteiger partial charge is 0.359 e. The van der Waals surface area contributed by atoms with Crippen molar-refractivity contribution in [3.8, 4) is 0 Å². The molecule has 2 saturated carbocycles. The monoisotopic (exact) mass is 441 g/mol. The Labute approximate surface area is 190 Å². The summed E-state index contributed by atoms with van der Waals surface area (Å²) in [7, 11) is 0. The maximum absolute atomic E-state index is 13.6. The zero-order valence-electron chi connectivity index (χ0n) is 18.8. The second-order valence-electron chi connectivity index (χ2n) is 10.2. The highest BCUT2D eigenvalue weighted by atomic mass is 16.5. The highest BCUT2D eigenvalue weighted by Crippen LogP contribution is 2.55. The summed E-state index contributed by atoms with van der Waals surface area (Å²) in [6.45, 7) is 4.05. The lowest BCUT2D eigenvalue weighted by Gasteiger charge is -2.33. The maximum Gasteiger partial charge on any atom is 0.246 e. The van der Waals surface area contributed by atoms with Gasteiger partial charge in [-0.05, 0) is 25.7 Å². The van der Waals surface area contributed by atoms with Gasteiger partial charge in [0.05, 0.1) is 17.9 Å². The number of hydrogen-bond acceptors (Lipinski definition) is 4. The van der Waals surface area contributed by atoms with Crippen molar-refractivity contribution in [1.82, 2.24) is 15.5 Å². The molecule has 7 heteroatoms. The van der Waals surface area contributed by atoms with Gasteiger partial charge in [-0.3, -0.25) is 14.4 Å². The van der Waals surface area contributed by atoms with Gasteiger partial charge in [-0.2, -0.15) is 0 Å². The molecule has 2 saturated heterocycles. The number of fused-ring (bicyclic) bond motifs is 1. The third kappa shape index (κ3) is 3.49. The van der Waals surface area contributed by atoms with Crippen molar-refractivity contribution in [1.29, 1.82) is 0 Å². The maximum atomic E-state index is 13.6. The molecule has 0 radical (unpaired) electrons. The van der Waals surface area contributed by atoms with E-state index in [1.54, 1.807) is 11.0 Å². The van der Waals surface area contributed by atoms with Gasteiger partial charge in [0, 0.05) is 18.6 Å². The van der Waals surface area contributed by atoms with Gasteiger partial charge in [-0.25, -0.2) is 0 Å². The Balaban J connectivity index is 1.39. The molecule has 0 unspecified atom stereocenters. The topological polar surface area (TPSA) is 87.7 Å². The molecule has 7 nitrogen and oxygen atoms in total. The van der Waals surface area contributed by atoms with E-state index in [4.69, 9.17) is 4.74 Å². The van der Waals surface area contributed by atoms with Gasteiger partial charge < -0.3 is 20.3 Å². The smallest absolute Gasteiger partial charge is 0.246 e. The lowest BCUT2D eigenvalue weighted by molar-refractivity contribution is -0.141. The van der Waals surface area contributed by atoms with Crippen LogP contribution >= 0.6 is 0 Å². The van der Waals surface area contributed by atoms with Crippen molar-refractivity contribution < 1.29 is 19.1 Å². The van der Waals surface area contributed by atoms with Crippen LogP contribution < -0.4 is 10.6 Å². The molecule has 2 N–H and O–H groups in total. The zero-order chi connectivity index (χ0) is 22.3. The Morgan fingerprint density at radius 2 is 1.62 bits per heavy atom. The van der Waals surface area contributed by atoms with Gasteiger partial charge in [-0.15, -0.1) is 6.58 Å². The van der Waals surface area contributed by atoms with E-state index in [1.807, 2.05) is 12.2 Å². The van der Waals surface area contributed by atoms with Crippen molar-refractivity contribution >= 4 is 17.7 Å². The summed E-state index contributed by atoms with van der Waals surface area (Å²) in [4.78, 5) is 42.0. The molecule has 0 aromatic rings. The summed E-state index contributed by atoms with van der Waals surface area (Å²) < 4.78 is 6.35. The molecule has 3 aliphatic heterocycles. The first-order valence-electron chi connectivity index (χ1n) is 12.4. The van der Waals surface area contributed by atoms with Gasteiger partial charge in [0.25, 0.3) is 0 Å². The van der Waals surface area contributed by atoms with Crippen LogP contribution in [0.4, 0.5) is 0 Å². The molecule has 1 spiro atoms. The minimum Gasteiger partial charge on any atom is -0.359 e. The number of ether oxygens (including phenoxy) is 1. The number of rotatable bonds is 6. The van der Waals surface area contributed by atoms with Crippen molar-refractivity contribution in [3.05, 3.63) is 24.8 Å². The summed E-state index contributed by atoms with van der Waals surface area (Å²) in [5.41, 5.74) is -1.07. The zero-order valence-corrected chi connectivity index (χ0v) is 18.8. The summed E-state index contributed by atoms with van der Waals surface area (Å²) in [5, 5.41) is 6.38. The van der Waals surface area contributed by atoms with E-state index < -0.39 is 29.6 Å². The van der Waals surface area contributed by atoms with E-state index in [9.17, 15) is 14.4 Å². The molecule has 174 valence electrons. The summed E-state index contributed by atoms with van der Waals surface area (Å²) in [6.07, 6.45) is 15.7. The average Bonchev–Trinajstić information content (AvgIpc) is 3.43. The lowest BCUT2D eigenvalue weighted by atomic mass is 9.74. The first-order chi connectivity index (χ1) is 15.5. The van der Waals surface area contributed by atoms with Gasteiger partial charge in [-0.1, -0.05) is 56.8 Å². The predicted octanol–water partition coefficient (Wildman–Crippen LogP) is 2.22. The number of amides is 3. The fourth-order valence-corrected chi connectivity index (χ4v) is 6.67. The number of nitrogens with one attached hydrogen (secondary N) is 2. The third-order valence-electron chi connectivity index (χ3n) is 8.15. The quantitative estimate of drug-likeness (QED) is 0.619. The third-order valence-corrected chi connectivity index (χ3v) is 8.15. The van der Waals surface area contributed by atoms with E-state index in [2.05, 4.69) is 17.2 Å². The summed E-state index contributed by atoms with van der Waals surface area (Å²) >= 11 is 0. The highest BCUT2D eigenvalue weighted by molar-refractivity contribution is 6.00. The second kappa shape index (κ2) is 8.65. The number of nitrogens with zero attached hydrogens (tertiary/aromatic N) is 1. The van der Waals surface area contributed by atoms with Gasteiger partial charge in [0.15, 0.2) is 0 Å². The Morgan fingerprint density at radius 3 is 2.22 bits per heavy atom. The molecule has 2 aliphatic carbocycles. The normalized spacial score (nSPS) is 36.9. The van der Waals surface area contributed by atoms with E-state index in [0.29, 0.717) is 0 Å². The van der Waals surface area contributed by atoms with Crippen molar-refractivity contribution in [2.75, 3.05) is 6.54 Å². The Bertz CT molecular complexity index is 814. The summed E-state index contributed by atoms with van der Waals surface area (Å²) in [5.74, 6) is -1.71. The first kappa shape index (κ1) is 21.7. The van der Waals surface area contributed by atoms with E-state index >= 15 is 0 Å². The molecule has 4 fully saturated rings.